The number of hydrogen-bond acceptors (Lipinski definition) is 5. The standard InChI is InChI=1S/C15H13BrN2O4.H2O/c1-22-13-7-10(16)6-9(14(13)20)8-17-18-15(21)11-4-2-3-5-12(11)19;/h2-8,19-20H,1H3,(H,18,21);1H2/b17-8+;. The summed E-state index contributed by atoms with van der Waals surface area (Å²) in [6, 6.07) is 9.34. The highest BCUT2D eigenvalue weighted by atomic mass is 79.9. The maximum absolute atomic E-state index is 11.8. The molecule has 0 spiro atoms. The summed E-state index contributed by atoms with van der Waals surface area (Å²) in [5.74, 6) is -0.507. The summed E-state index contributed by atoms with van der Waals surface area (Å²) in [6.07, 6.45) is 1.28. The minimum absolute atomic E-state index is 0. The zero-order valence-corrected chi connectivity index (χ0v) is 13.7. The number of methoxy groups -OCH3 is 1. The molecule has 0 bridgehead atoms. The average molecular weight is 383 g/mol. The van der Waals surface area contributed by atoms with Gasteiger partial charge < -0.3 is 20.4 Å². The van der Waals surface area contributed by atoms with E-state index in [1.807, 2.05) is 0 Å². The molecule has 0 heterocycles. The summed E-state index contributed by atoms with van der Waals surface area (Å²) in [4.78, 5) is 11.8. The molecule has 0 aromatic heterocycles. The van der Waals surface area contributed by atoms with Crippen molar-refractivity contribution in [2.75, 3.05) is 7.11 Å². The number of hydrogen-bond donors (Lipinski definition) is 3. The first-order valence-electron chi connectivity index (χ1n) is 6.21. The van der Waals surface area contributed by atoms with Gasteiger partial charge in [-0.3, -0.25) is 4.79 Å². The second-order valence-corrected chi connectivity index (χ2v) is 5.18. The lowest BCUT2D eigenvalue weighted by molar-refractivity contribution is 0.0952. The van der Waals surface area contributed by atoms with E-state index in [2.05, 4.69) is 26.5 Å². The minimum Gasteiger partial charge on any atom is -0.507 e. The number of carbonyl (C=O) groups excluding carboxylic acids is 1. The van der Waals surface area contributed by atoms with Gasteiger partial charge in [0.2, 0.25) is 0 Å². The molecule has 2 rings (SSSR count). The van der Waals surface area contributed by atoms with Crippen LogP contribution in [-0.2, 0) is 0 Å². The number of halogens is 1. The maximum Gasteiger partial charge on any atom is 0.275 e. The molecule has 8 heteroatoms. The summed E-state index contributed by atoms with van der Waals surface area (Å²) >= 11 is 3.28. The number of rotatable bonds is 4. The van der Waals surface area contributed by atoms with Gasteiger partial charge in [0.25, 0.3) is 5.91 Å². The number of nitrogens with one attached hydrogen (secondary N) is 1. The van der Waals surface area contributed by atoms with Crippen LogP contribution in [0.2, 0.25) is 0 Å². The zero-order valence-electron chi connectivity index (χ0n) is 12.1. The lowest BCUT2D eigenvalue weighted by atomic mass is 10.2. The Labute approximate surface area is 140 Å². The van der Waals surface area contributed by atoms with Gasteiger partial charge in [0.05, 0.1) is 18.9 Å². The van der Waals surface area contributed by atoms with Crippen molar-refractivity contribution in [1.29, 1.82) is 0 Å². The highest BCUT2D eigenvalue weighted by molar-refractivity contribution is 9.10. The van der Waals surface area contributed by atoms with Crippen molar-refractivity contribution in [3.05, 3.63) is 52.0 Å². The van der Waals surface area contributed by atoms with Crippen LogP contribution < -0.4 is 10.2 Å². The van der Waals surface area contributed by atoms with Crippen molar-refractivity contribution in [3.8, 4) is 17.2 Å². The predicted molar refractivity (Wildman–Crippen MR) is 89.1 cm³/mol. The number of aromatic hydroxyl groups is 2. The number of benzene rings is 2. The number of amides is 1. The van der Waals surface area contributed by atoms with Gasteiger partial charge in [0.1, 0.15) is 5.75 Å². The lowest BCUT2D eigenvalue weighted by Gasteiger charge is -2.07. The smallest absolute Gasteiger partial charge is 0.275 e. The van der Waals surface area contributed by atoms with Crippen molar-refractivity contribution in [2.24, 2.45) is 5.10 Å². The molecule has 0 saturated heterocycles. The molecule has 0 aliphatic carbocycles. The Kier molecular flexibility index (Phi) is 6.55. The first kappa shape index (κ1) is 18.5. The average Bonchev–Trinajstić information content (AvgIpc) is 2.50. The van der Waals surface area contributed by atoms with Crippen LogP contribution >= 0.6 is 15.9 Å². The quantitative estimate of drug-likeness (QED) is 0.550. The van der Waals surface area contributed by atoms with Gasteiger partial charge >= 0.3 is 0 Å². The SMILES string of the molecule is COc1cc(Br)cc(/C=N/NC(=O)c2ccccc2O)c1O.O. The summed E-state index contributed by atoms with van der Waals surface area (Å²) in [5, 5.41) is 23.3. The Morgan fingerprint density at radius 2 is 2.00 bits per heavy atom. The number of nitrogens with zero attached hydrogens (tertiary/aromatic N) is 1. The molecule has 23 heavy (non-hydrogen) atoms. The molecule has 0 aliphatic rings. The van der Waals surface area contributed by atoms with E-state index in [4.69, 9.17) is 4.74 Å². The van der Waals surface area contributed by atoms with Gasteiger partial charge in [-0.2, -0.15) is 5.10 Å². The summed E-state index contributed by atoms with van der Waals surface area (Å²) in [6.45, 7) is 0. The van der Waals surface area contributed by atoms with Gasteiger partial charge in [-0.05, 0) is 24.3 Å². The highest BCUT2D eigenvalue weighted by Gasteiger charge is 2.10. The predicted octanol–water partition coefficient (Wildman–Crippen LogP) is 1.81. The van der Waals surface area contributed by atoms with Gasteiger partial charge in [-0.25, -0.2) is 5.43 Å². The molecule has 0 saturated carbocycles. The molecule has 2 aromatic carbocycles. The molecule has 7 nitrogen and oxygen atoms in total. The second-order valence-electron chi connectivity index (χ2n) is 4.26. The van der Waals surface area contributed by atoms with Crippen LogP contribution in [0, 0.1) is 0 Å². The third-order valence-electron chi connectivity index (χ3n) is 2.81. The van der Waals surface area contributed by atoms with Gasteiger partial charge in [0, 0.05) is 10.0 Å². The topological polar surface area (TPSA) is 123 Å². The molecule has 0 radical (unpaired) electrons. The number of carbonyl (C=O) groups is 1. The van der Waals surface area contributed by atoms with Crippen LogP contribution in [0.3, 0.4) is 0 Å². The van der Waals surface area contributed by atoms with Crippen molar-refractivity contribution in [3.63, 3.8) is 0 Å². The van der Waals surface area contributed by atoms with E-state index in [-0.39, 0.29) is 28.3 Å². The largest absolute Gasteiger partial charge is 0.507 e. The molecule has 2 aromatic rings. The Balaban J connectivity index is 0.00000264. The molecular weight excluding hydrogens is 368 g/mol. The molecule has 5 N–H and O–H groups in total. The first-order chi connectivity index (χ1) is 10.5. The Morgan fingerprint density at radius 3 is 2.65 bits per heavy atom. The maximum atomic E-state index is 11.8. The van der Waals surface area contributed by atoms with Crippen molar-refractivity contribution in [2.45, 2.75) is 0 Å². The fraction of sp³-hybridized carbons (Fsp3) is 0.0667. The highest BCUT2D eigenvalue weighted by Crippen LogP contribution is 2.32. The van der Waals surface area contributed by atoms with Crippen LogP contribution in [0.15, 0.2) is 46.0 Å². The molecule has 0 fully saturated rings. The Hall–Kier alpha value is -2.58. The van der Waals surface area contributed by atoms with Crippen LogP contribution in [0.5, 0.6) is 17.2 Å². The van der Waals surface area contributed by atoms with E-state index in [0.29, 0.717) is 10.0 Å². The summed E-state index contributed by atoms with van der Waals surface area (Å²) in [5.41, 5.74) is 2.75. The van der Waals surface area contributed by atoms with Crippen molar-refractivity contribution >= 4 is 28.1 Å². The number of hydrazone groups is 1. The van der Waals surface area contributed by atoms with Crippen molar-refractivity contribution < 1.29 is 25.2 Å². The number of phenols is 2. The molecular formula is C15H15BrN2O5. The van der Waals surface area contributed by atoms with E-state index >= 15 is 0 Å². The first-order valence-corrected chi connectivity index (χ1v) is 7.00. The monoisotopic (exact) mass is 382 g/mol. The van der Waals surface area contributed by atoms with Crippen LogP contribution in [0.25, 0.3) is 0 Å². The molecule has 0 unspecified atom stereocenters. The number of ether oxygens (including phenoxy) is 1. The fourth-order valence-corrected chi connectivity index (χ4v) is 2.19. The van der Waals surface area contributed by atoms with Crippen LogP contribution in [0.1, 0.15) is 15.9 Å². The minimum atomic E-state index is -0.559. The number of para-hydroxylation sites is 1. The van der Waals surface area contributed by atoms with Gasteiger partial charge in [-0.1, -0.05) is 28.1 Å². The van der Waals surface area contributed by atoms with E-state index in [9.17, 15) is 15.0 Å². The van der Waals surface area contributed by atoms with E-state index in [0.717, 1.165) is 0 Å². The Morgan fingerprint density at radius 1 is 1.30 bits per heavy atom. The lowest BCUT2D eigenvalue weighted by Crippen LogP contribution is -2.17. The van der Waals surface area contributed by atoms with Crippen molar-refractivity contribution in [1.82, 2.24) is 5.43 Å². The molecule has 0 atom stereocenters. The van der Waals surface area contributed by atoms with E-state index < -0.39 is 5.91 Å². The zero-order chi connectivity index (χ0) is 16.1. The third kappa shape index (κ3) is 4.44. The van der Waals surface area contributed by atoms with Crippen LogP contribution in [-0.4, -0.2) is 34.9 Å². The van der Waals surface area contributed by atoms with E-state index in [1.165, 1.54) is 25.5 Å². The van der Waals surface area contributed by atoms with Gasteiger partial charge in [0.15, 0.2) is 11.5 Å². The third-order valence-corrected chi connectivity index (χ3v) is 3.27. The number of phenolic OH excluding ortho intramolecular Hbond substituents is 2. The normalized spacial score (nSPS) is 10.2. The van der Waals surface area contributed by atoms with E-state index in [1.54, 1.807) is 24.3 Å². The van der Waals surface area contributed by atoms with Crippen LogP contribution in [0.4, 0.5) is 0 Å². The molecule has 1 amide bonds. The summed E-state index contributed by atoms with van der Waals surface area (Å²) < 4.78 is 5.71. The molecule has 122 valence electrons. The second kappa shape index (κ2) is 8.16. The Bertz CT molecular complexity index is 734. The van der Waals surface area contributed by atoms with Gasteiger partial charge in [-0.15, -0.1) is 0 Å². The molecule has 0 aliphatic heterocycles. The fourth-order valence-electron chi connectivity index (χ4n) is 1.73. The summed E-state index contributed by atoms with van der Waals surface area (Å²) in [7, 11) is 1.43.